The fraction of sp³-hybridized carbons (Fsp3) is 0.556. The third kappa shape index (κ3) is 3.78. The maximum atomic E-state index is 11.7. The highest BCUT2D eigenvalue weighted by Crippen LogP contribution is 2.56. The number of nitrogens with two attached hydrogens (primary N) is 1. The number of aromatic hydroxyl groups is 1. The highest BCUT2D eigenvalue weighted by molar-refractivity contribution is 6.44. The molecule has 1 aromatic carbocycles. The zero-order valence-corrected chi connectivity index (χ0v) is 15.7. The predicted molar refractivity (Wildman–Crippen MR) is 102 cm³/mol. The SMILES string of the molecule is NC(=O)[C@@H]1C[C@H](N2CC(Oc3ccc([C@H]4C[C@H]4B(O)O)c(O)c3C(=O)O)C2)CN1. The molecule has 7 N–H and O–H groups in total. The summed E-state index contributed by atoms with van der Waals surface area (Å²) in [6.07, 6.45) is 0.889. The Hall–Kier alpha value is -2.34. The number of nitrogens with zero attached hydrogens (tertiary/aromatic N) is 1. The standard InChI is InChI=1S/C18H24BN3O7/c20-17(24)13-3-8(5-21-13)22-6-9(7-22)29-14-2-1-10(11-4-12(11)19(27)28)16(23)15(14)18(25)26/h1-2,8-9,11-13,21,23,27-28H,3-7H2,(H2,20,24)(H,25,26)/t8-,11+,12+,13-/m0/s1. The molecule has 4 rings (SSSR count). The lowest BCUT2D eigenvalue weighted by Crippen LogP contribution is -2.58. The molecule has 0 unspecified atom stereocenters. The number of carbonyl (C=O) groups is 2. The zero-order valence-electron chi connectivity index (χ0n) is 15.7. The first-order valence-electron chi connectivity index (χ1n) is 9.65. The zero-order chi connectivity index (χ0) is 20.9. The van der Waals surface area contributed by atoms with E-state index in [9.17, 15) is 29.9 Å². The van der Waals surface area contributed by atoms with Crippen LogP contribution in [0.15, 0.2) is 12.1 Å². The maximum absolute atomic E-state index is 11.7. The number of carboxylic acid groups (broad SMARTS) is 1. The number of ether oxygens (including phenoxy) is 1. The molecular formula is C18H24BN3O7. The van der Waals surface area contributed by atoms with Crippen LogP contribution >= 0.6 is 0 Å². The van der Waals surface area contributed by atoms with Gasteiger partial charge in [-0.25, -0.2) is 4.79 Å². The van der Waals surface area contributed by atoms with Gasteiger partial charge in [0.15, 0.2) is 0 Å². The molecule has 1 aliphatic carbocycles. The molecular weight excluding hydrogens is 381 g/mol. The molecule has 0 spiro atoms. The number of carboxylic acids is 1. The Morgan fingerprint density at radius 2 is 1.97 bits per heavy atom. The summed E-state index contributed by atoms with van der Waals surface area (Å²) in [4.78, 5) is 25.1. The minimum Gasteiger partial charge on any atom is -0.507 e. The van der Waals surface area contributed by atoms with Crippen molar-refractivity contribution in [2.24, 2.45) is 5.73 Å². The number of rotatable bonds is 7. The molecule has 3 fully saturated rings. The van der Waals surface area contributed by atoms with Crippen molar-refractivity contribution >= 4 is 19.0 Å². The van der Waals surface area contributed by atoms with Gasteiger partial charge in [-0.3, -0.25) is 9.69 Å². The first-order valence-corrected chi connectivity index (χ1v) is 9.65. The average Bonchev–Trinajstić information content (AvgIpc) is 3.26. The van der Waals surface area contributed by atoms with Gasteiger partial charge in [0, 0.05) is 31.5 Å². The molecule has 2 aliphatic heterocycles. The van der Waals surface area contributed by atoms with Gasteiger partial charge in [-0.2, -0.15) is 0 Å². The molecule has 11 heteroatoms. The number of likely N-dealkylation sites (tertiary alicyclic amines) is 1. The summed E-state index contributed by atoms with van der Waals surface area (Å²) in [5, 5.41) is 41.6. The van der Waals surface area contributed by atoms with Crippen molar-refractivity contribution in [3.63, 3.8) is 0 Å². The minimum atomic E-state index is -1.50. The molecule has 1 aromatic rings. The van der Waals surface area contributed by atoms with Crippen LogP contribution in [0.2, 0.25) is 5.82 Å². The van der Waals surface area contributed by atoms with E-state index in [-0.39, 0.29) is 47.1 Å². The van der Waals surface area contributed by atoms with Gasteiger partial charge in [0.25, 0.3) is 0 Å². The number of carbonyl (C=O) groups excluding carboxylic acids is 1. The topological polar surface area (TPSA) is 166 Å². The average molecular weight is 405 g/mol. The molecule has 2 saturated heterocycles. The quantitative estimate of drug-likeness (QED) is 0.302. The first kappa shape index (κ1) is 20.0. The Morgan fingerprint density at radius 1 is 1.24 bits per heavy atom. The van der Waals surface area contributed by atoms with Crippen LogP contribution < -0.4 is 15.8 Å². The summed E-state index contributed by atoms with van der Waals surface area (Å²) < 4.78 is 5.82. The van der Waals surface area contributed by atoms with Gasteiger partial charge < -0.3 is 36.0 Å². The van der Waals surface area contributed by atoms with Gasteiger partial charge in [-0.05, 0) is 30.4 Å². The predicted octanol–water partition coefficient (Wildman–Crippen LogP) is -1.30. The highest BCUT2D eigenvalue weighted by Gasteiger charge is 2.48. The van der Waals surface area contributed by atoms with E-state index in [1.807, 2.05) is 0 Å². The van der Waals surface area contributed by atoms with Gasteiger partial charge in [0.1, 0.15) is 23.2 Å². The second kappa shape index (κ2) is 7.49. The van der Waals surface area contributed by atoms with Crippen LogP contribution in [0.5, 0.6) is 11.5 Å². The molecule has 3 aliphatic rings. The summed E-state index contributed by atoms with van der Waals surface area (Å²) >= 11 is 0. The van der Waals surface area contributed by atoms with E-state index in [4.69, 9.17) is 10.5 Å². The summed E-state index contributed by atoms with van der Waals surface area (Å²) in [6.45, 7) is 1.83. The van der Waals surface area contributed by atoms with Crippen LogP contribution in [0.1, 0.15) is 34.7 Å². The molecule has 1 saturated carbocycles. The number of nitrogens with one attached hydrogen (secondary N) is 1. The van der Waals surface area contributed by atoms with E-state index < -0.39 is 18.9 Å². The maximum Gasteiger partial charge on any atom is 0.455 e. The molecule has 29 heavy (non-hydrogen) atoms. The highest BCUT2D eigenvalue weighted by atomic mass is 16.5. The van der Waals surface area contributed by atoms with Gasteiger partial charge in [-0.15, -0.1) is 0 Å². The monoisotopic (exact) mass is 405 g/mol. The third-order valence-corrected chi connectivity index (χ3v) is 6.14. The van der Waals surface area contributed by atoms with Gasteiger partial charge in [0.2, 0.25) is 5.91 Å². The normalized spacial score (nSPS) is 29.3. The molecule has 156 valence electrons. The van der Waals surface area contributed by atoms with E-state index in [0.717, 1.165) is 0 Å². The van der Waals surface area contributed by atoms with Crippen molar-refractivity contribution < 1.29 is 34.6 Å². The Morgan fingerprint density at radius 3 is 2.52 bits per heavy atom. The van der Waals surface area contributed by atoms with Crippen molar-refractivity contribution in [3.8, 4) is 11.5 Å². The van der Waals surface area contributed by atoms with Gasteiger partial charge >= 0.3 is 13.1 Å². The van der Waals surface area contributed by atoms with Crippen molar-refractivity contribution in [2.75, 3.05) is 19.6 Å². The molecule has 2 heterocycles. The van der Waals surface area contributed by atoms with Crippen LogP contribution in [-0.2, 0) is 4.79 Å². The van der Waals surface area contributed by atoms with E-state index in [1.165, 1.54) is 6.07 Å². The second-order valence-electron chi connectivity index (χ2n) is 8.05. The van der Waals surface area contributed by atoms with Crippen molar-refractivity contribution in [2.45, 2.75) is 42.8 Å². The van der Waals surface area contributed by atoms with Crippen molar-refractivity contribution in [1.82, 2.24) is 10.2 Å². The number of hydrogen-bond acceptors (Lipinski definition) is 8. The number of amides is 1. The number of benzene rings is 1. The molecule has 0 bridgehead atoms. The van der Waals surface area contributed by atoms with E-state index in [1.54, 1.807) is 6.07 Å². The lowest BCUT2D eigenvalue weighted by Gasteiger charge is -2.42. The lowest BCUT2D eigenvalue weighted by atomic mass is 9.81. The lowest BCUT2D eigenvalue weighted by molar-refractivity contribution is -0.119. The second-order valence-corrected chi connectivity index (χ2v) is 8.05. The number of primary amides is 1. The van der Waals surface area contributed by atoms with Crippen LogP contribution in [0.4, 0.5) is 0 Å². The smallest absolute Gasteiger partial charge is 0.455 e. The Bertz CT molecular complexity index is 830. The molecule has 10 nitrogen and oxygen atoms in total. The summed E-state index contributed by atoms with van der Waals surface area (Å²) in [5.74, 6) is -2.66. The van der Waals surface area contributed by atoms with Crippen molar-refractivity contribution in [3.05, 3.63) is 23.3 Å². The van der Waals surface area contributed by atoms with Crippen LogP contribution in [0, 0.1) is 0 Å². The Labute approximate surface area is 167 Å². The largest absolute Gasteiger partial charge is 0.507 e. The van der Waals surface area contributed by atoms with Crippen LogP contribution in [-0.4, -0.2) is 82.0 Å². The number of hydrogen-bond donors (Lipinski definition) is 6. The Balaban J connectivity index is 1.40. The van der Waals surface area contributed by atoms with E-state index in [0.29, 0.717) is 38.0 Å². The van der Waals surface area contributed by atoms with Gasteiger partial charge in [-0.1, -0.05) is 6.07 Å². The van der Waals surface area contributed by atoms with Crippen molar-refractivity contribution in [1.29, 1.82) is 0 Å². The molecule has 4 atom stereocenters. The van der Waals surface area contributed by atoms with E-state index in [2.05, 4.69) is 10.2 Å². The third-order valence-electron chi connectivity index (χ3n) is 6.14. The fourth-order valence-corrected chi connectivity index (χ4v) is 4.33. The summed E-state index contributed by atoms with van der Waals surface area (Å²) in [5.41, 5.74) is 5.40. The van der Waals surface area contributed by atoms with E-state index >= 15 is 0 Å². The number of phenols is 1. The summed E-state index contributed by atoms with van der Waals surface area (Å²) in [6, 6.07) is 2.95. The Kier molecular flexibility index (Phi) is 5.15. The molecule has 0 radical (unpaired) electrons. The molecule has 1 amide bonds. The van der Waals surface area contributed by atoms with Crippen LogP contribution in [0.25, 0.3) is 0 Å². The number of aromatic carboxylic acids is 1. The summed E-state index contributed by atoms with van der Waals surface area (Å²) in [7, 11) is -1.50. The fourth-order valence-electron chi connectivity index (χ4n) is 4.33. The van der Waals surface area contributed by atoms with Gasteiger partial charge in [0.05, 0.1) is 6.04 Å². The first-order chi connectivity index (χ1) is 13.8. The molecule has 0 aromatic heterocycles. The van der Waals surface area contributed by atoms with Crippen LogP contribution in [0.3, 0.4) is 0 Å². The minimum absolute atomic E-state index is 0.0877.